The molecule has 0 amide bonds. The molecule has 0 bridgehead atoms. The molecule has 0 aliphatic carbocycles. The molecule has 0 fully saturated rings. The van der Waals surface area contributed by atoms with E-state index in [4.69, 9.17) is 5.73 Å². The Morgan fingerprint density at radius 3 is 2.88 bits per heavy atom. The first-order valence-electron chi connectivity index (χ1n) is 5.10. The monoisotopic (exact) mass is 288 g/mol. The van der Waals surface area contributed by atoms with Crippen LogP contribution in [0.4, 0.5) is 5.82 Å². The fourth-order valence-electron chi connectivity index (χ4n) is 1.73. The standard InChI is InChI=1S/C12H9BrN4/c13-8-3-1-2-7(6-8)12-16-9-4-5-15-11(14)10(9)17-12/h1-6H,(H2,14,15)(H,16,17). The van der Waals surface area contributed by atoms with E-state index >= 15 is 0 Å². The Bertz CT molecular complexity index is 690. The molecule has 0 saturated carbocycles. The second kappa shape index (κ2) is 3.85. The van der Waals surface area contributed by atoms with E-state index in [1.807, 2.05) is 30.3 Å². The molecule has 0 atom stereocenters. The number of anilines is 1. The van der Waals surface area contributed by atoms with Gasteiger partial charge in [-0.05, 0) is 18.2 Å². The number of nitrogens with zero attached hydrogens (tertiary/aromatic N) is 2. The summed E-state index contributed by atoms with van der Waals surface area (Å²) in [6.45, 7) is 0. The highest BCUT2D eigenvalue weighted by molar-refractivity contribution is 9.10. The Morgan fingerprint density at radius 1 is 1.24 bits per heavy atom. The van der Waals surface area contributed by atoms with E-state index < -0.39 is 0 Å². The Labute approximate surface area is 106 Å². The van der Waals surface area contributed by atoms with E-state index in [9.17, 15) is 0 Å². The molecule has 3 aromatic rings. The fourth-order valence-corrected chi connectivity index (χ4v) is 2.13. The molecule has 84 valence electrons. The third-order valence-electron chi connectivity index (χ3n) is 2.53. The van der Waals surface area contributed by atoms with Crippen molar-refractivity contribution in [2.75, 3.05) is 5.73 Å². The number of fused-ring (bicyclic) bond motifs is 1. The third-order valence-corrected chi connectivity index (χ3v) is 3.02. The molecular formula is C12H9BrN4. The van der Waals surface area contributed by atoms with E-state index in [2.05, 4.69) is 30.9 Å². The minimum atomic E-state index is 0.444. The average Bonchev–Trinajstić information content (AvgIpc) is 2.74. The summed E-state index contributed by atoms with van der Waals surface area (Å²) in [4.78, 5) is 11.7. The smallest absolute Gasteiger partial charge is 0.151 e. The Balaban J connectivity index is 2.22. The molecule has 3 N–H and O–H groups in total. The number of pyridine rings is 1. The predicted molar refractivity (Wildman–Crippen MR) is 71.4 cm³/mol. The van der Waals surface area contributed by atoms with E-state index in [0.717, 1.165) is 21.4 Å². The predicted octanol–water partition coefficient (Wildman–Crippen LogP) is 2.97. The fraction of sp³-hybridized carbons (Fsp3) is 0. The van der Waals surface area contributed by atoms with Crippen LogP contribution in [0.1, 0.15) is 0 Å². The van der Waals surface area contributed by atoms with Crippen molar-refractivity contribution in [1.29, 1.82) is 0 Å². The van der Waals surface area contributed by atoms with Gasteiger partial charge in [0.05, 0.1) is 5.52 Å². The van der Waals surface area contributed by atoms with Crippen LogP contribution < -0.4 is 5.73 Å². The quantitative estimate of drug-likeness (QED) is 0.723. The highest BCUT2D eigenvalue weighted by Crippen LogP contribution is 2.24. The summed E-state index contributed by atoms with van der Waals surface area (Å²) in [6.07, 6.45) is 1.67. The van der Waals surface area contributed by atoms with Crippen LogP contribution in [0.15, 0.2) is 41.0 Å². The summed E-state index contributed by atoms with van der Waals surface area (Å²) in [6, 6.07) is 9.80. The Morgan fingerprint density at radius 2 is 2.12 bits per heavy atom. The number of benzene rings is 1. The van der Waals surface area contributed by atoms with Gasteiger partial charge in [-0.25, -0.2) is 9.97 Å². The highest BCUT2D eigenvalue weighted by Gasteiger charge is 2.07. The summed E-state index contributed by atoms with van der Waals surface area (Å²) < 4.78 is 1.02. The van der Waals surface area contributed by atoms with Crippen LogP contribution in [0.2, 0.25) is 0 Å². The van der Waals surface area contributed by atoms with Gasteiger partial charge in [0.15, 0.2) is 5.82 Å². The first-order chi connectivity index (χ1) is 8.24. The number of aromatic amines is 1. The molecule has 2 aromatic heterocycles. The van der Waals surface area contributed by atoms with Crippen molar-refractivity contribution in [2.45, 2.75) is 0 Å². The van der Waals surface area contributed by atoms with Crippen LogP contribution in [0.25, 0.3) is 22.4 Å². The van der Waals surface area contributed by atoms with Crippen molar-refractivity contribution < 1.29 is 0 Å². The number of imidazole rings is 1. The Kier molecular flexibility index (Phi) is 2.33. The molecule has 0 saturated heterocycles. The number of hydrogen-bond acceptors (Lipinski definition) is 3. The second-order valence-electron chi connectivity index (χ2n) is 3.69. The Hall–Kier alpha value is -1.88. The van der Waals surface area contributed by atoms with Crippen LogP contribution >= 0.6 is 15.9 Å². The van der Waals surface area contributed by atoms with Crippen molar-refractivity contribution in [3.8, 4) is 11.4 Å². The lowest BCUT2D eigenvalue weighted by molar-refractivity contribution is 1.33. The molecule has 4 nitrogen and oxygen atoms in total. The van der Waals surface area contributed by atoms with Crippen LogP contribution in [0, 0.1) is 0 Å². The summed E-state index contributed by atoms with van der Waals surface area (Å²) >= 11 is 3.44. The van der Waals surface area contributed by atoms with E-state index in [1.54, 1.807) is 6.20 Å². The summed E-state index contributed by atoms with van der Waals surface area (Å²) in [5, 5.41) is 0. The molecule has 0 radical (unpaired) electrons. The number of nitrogens with two attached hydrogens (primary N) is 1. The highest BCUT2D eigenvalue weighted by atomic mass is 79.9. The van der Waals surface area contributed by atoms with Gasteiger partial charge < -0.3 is 10.7 Å². The zero-order valence-corrected chi connectivity index (χ0v) is 10.4. The number of aromatic nitrogens is 3. The SMILES string of the molecule is Nc1nccc2[nH]c(-c3cccc(Br)c3)nc12. The zero-order chi connectivity index (χ0) is 11.8. The number of hydrogen-bond donors (Lipinski definition) is 2. The first-order valence-corrected chi connectivity index (χ1v) is 5.89. The average molecular weight is 289 g/mol. The van der Waals surface area contributed by atoms with Crippen LogP contribution in [-0.2, 0) is 0 Å². The van der Waals surface area contributed by atoms with E-state index in [1.165, 1.54) is 0 Å². The normalized spacial score (nSPS) is 10.9. The number of H-pyrrole nitrogens is 1. The number of nitrogens with one attached hydrogen (secondary N) is 1. The van der Waals surface area contributed by atoms with Crippen molar-refractivity contribution in [2.24, 2.45) is 0 Å². The largest absolute Gasteiger partial charge is 0.382 e. The van der Waals surface area contributed by atoms with Gasteiger partial charge in [-0.1, -0.05) is 28.1 Å². The molecule has 0 aliphatic rings. The molecular weight excluding hydrogens is 280 g/mol. The summed E-state index contributed by atoms with van der Waals surface area (Å²) in [5.41, 5.74) is 8.39. The first kappa shape index (κ1) is 10.3. The lowest BCUT2D eigenvalue weighted by Crippen LogP contribution is -1.89. The van der Waals surface area contributed by atoms with E-state index in [-0.39, 0.29) is 0 Å². The minimum absolute atomic E-state index is 0.444. The van der Waals surface area contributed by atoms with Gasteiger partial charge in [0.1, 0.15) is 11.3 Å². The van der Waals surface area contributed by atoms with Gasteiger partial charge >= 0.3 is 0 Å². The van der Waals surface area contributed by atoms with Crippen molar-refractivity contribution in [3.05, 3.63) is 41.0 Å². The van der Waals surface area contributed by atoms with Gasteiger partial charge in [-0.2, -0.15) is 0 Å². The van der Waals surface area contributed by atoms with Crippen LogP contribution in [0.3, 0.4) is 0 Å². The van der Waals surface area contributed by atoms with Crippen molar-refractivity contribution >= 4 is 32.8 Å². The van der Waals surface area contributed by atoms with Crippen molar-refractivity contribution in [1.82, 2.24) is 15.0 Å². The second-order valence-corrected chi connectivity index (χ2v) is 4.60. The van der Waals surface area contributed by atoms with E-state index in [0.29, 0.717) is 11.3 Å². The lowest BCUT2D eigenvalue weighted by Gasteiger charge is -1.96. The lowest BCUT2D eigenvalue weighted by atomic mass is 10.2. The van der Waals surface area contributed by atoms with Crippen molar-refractivity contribution in [3.63, 3.8) is 0 Å². The molecule has 3 rings (SSSR count). The molecule has 0 unspecified atom stereocenters. The number of halogens is 1. The zero-order valence-electron chi connectivity index (χ0n) is 8.81. The number of rotatable bonds is 1. The van der Waals surface area contributed by atoms with Gasteiger partial charge in [0, 0.05) is 16.2 Å². The van der Waals surface area contributed by atoms with Gasteiger partial charge in [-0.15, -0.1) is 0 Å². The van der Waals surface area contributed by atoms with Gasteiger partial charge in [-0.3, -0.25) is 0 Å². The van der Waals surface area contributed by atoms with Gasteiger partial charge in [0.2, 0.25) is 0 Å². The number of nitrogen functional groups attached to an aromatic ring is 1. The maximum atomic E-state index is 5.77. The third kappa shape index (κ3) is 1.78. The maximum absolute atomic E-state index is 5.77. The van der Waals surface area contributed by atoms with Gasteiger partial charge in [0.25, 0.3) is 0 Å². The molecule has 17 heavy (non-hydrogen) atoms. The topological polar surface area (TPSA) is 67.6 Å². The maximum Gasteiger partial charge on any atom is 0.151 e. The summed E-state index contributed by atoms with van der Waals surface area (Å²) in [5.74, 6) is 1.24. The minimum Gasteiger partial charge on any atom is -0.382 e. The molecule has 2 heterocycles. The molecule has 0 aliphatic heterocycles. The molecule has 0 spiro atoms. The van der Waals surface area contributed by atoms with Crippen LogP contribution in [0.5, 0.6) is 0 Å². The summed E-state index contributed by atoms with van der Waals surface area (Å²) in [7, 11) is 0. The molecule has 5 heteroatoms. The molecule has 1 aromatic carbocycles. The van der Waals surface area contributed by atoms with Crippen LogP contribution in [-0.4, -0.2) is 15.0 Å².